The largest absolute Gasteiger partial charge is 0.516 e. The average Bonchev–Trinajstić information content (AvgIpc) is 1.27. The van der Waals surface area contributed by atoms with E-state index in [9.17, 15) is 9.59 Å². The van der Waals surface area contributed by atoms with Crippen LogP contribution in [-0.4, -0.2) is 22.5 Å². The molecule has 42 valence electrons. The molecule has 0 atom stereocenters. The van der Waals surface area contributed by atoms with Crippen molar-refractivity contribution in [1.29, 1.82) is 0 Å². The minimum atomic E-state index is -1.81. The van der Waals surface area contributed by atoms with Crippen LogP contribution in [0.1, 0.15) is 0 Å². The summed E-state index contributed by atoms with van der Waals surface area (Å²) in [6.45, 7) is 0. The van der Waals surface area contributed by atoms with E-state index in [0.29, 0.717) is 0 Å². The summed E-state index contributed by atoms with van der Waals surface area (Å²) in [5.41, 5.74) is 0. The van der Waals surface area contributed by atoms with Crippen molar-refractivity contribution in [3.8, 4) is 0 Å². The van der Waals surface area contributed by atoms with Gasteiger partial charge in [0, 0.05) is 19.5 Å². The number of ether oxygens (including phenoxy) is 1. The molecule has 0 aliphatic heterocycles. The fourth-order valence-corrected chi connectivity index (χ4v) is 0.0747. The summed E-state index contributed by atoms with van der Waals surface area (Å²) < 4.78 is 3.08. The van der Waals surface area contributed by atoms with Crippen molar-refractivity contribution in [1.82, 2.24) is 0 Å². The third-order valence-electron chi connectivity index (χ3n) is 0.175. The van der Waals surface area contributed by atoms with Gasteiger partial charge in [0.15, 0.2) is 0 Å². The molecule has 2 N–H and O–H groups in total. The summed E-state index contributed by atoms with van der Waals surface area (Å²) in [5, 5.41) is 15.0. The van der Waals surface area contributed by atoms with Gasteiger partial charge in [0.2, 0.25) is 0 Å². The summed E-state index contributed by atoms with van der Waals surface area (Å²) in [7, 11) is 0. The van der Waals surface area contributed by atoms with Crippen molar-refractivity contribution >= 4 is 12.3 Å². The molecule has 0 rings (SSSR count). The molecule has 5 nitrogen and oxygen atoms in total. The molecule has 0 saturated carbocycles. The fourth-order valence-electron chi connectivity index (χ4n) is 0.0747. The predicted molar refractivity (Wildman–Crippen MR) is 17.1 cm³/mol. The zero-order valence-corrected chi connectivity index (χ0v) is 6.79. The van der Waals surface area contributed by atoms with Crippen LogP contribution < -0.4 is 0 Å². The maximum absolute atomic E-state index is 9.21. The van der Waals surface area contributed by atoms with E-state index in [-0.39, 0.29) is 19.5 Å². The molecule has 0 unspecified atom stereocenters. The first-order valence-electron chi connectivity index (χ1n) is 1.26. The van der Waals surface area contributed by atoms with Crippen LogP contribution in [0.25, 0.3) is 0 Å². The van der Waals surface area contributed by atoms with E-state index in [1.165, 1.54) is 0 Å². The number of rotatable bonds is 0. The molecule has 0 aromatic carbocycles. The van der Waals surface area contributed by atoms with Gasteiger partial charge in [-0.2, -0.15) is 0 Å². The topological polar surface area (TPSA) is 83.8 Å². The number of carboxylic acid groups (broad SMARTS) is 2. The smallest absolute Gasteiger partial charge is 0.449 e. The molecule has 8 heavy (non-hydrogen) atoms. The van der Waals surface area contributed by atoms with Crippen LogP contribution in [0.5, 0.6) is 0 Å². The average molecular weight is 171 g/mol. The number of carbonyl (C=O) groups is 2. The van der Waals surface area contributed by atoms with Gasteiger partial charge in [-0.05, 0) is 0 Å². The molecular weight excluding hydrogens is 169 g/mol. The van der Waals surface area contributed by atoms with E-state index < -0.39 is 12.3 Å². The zero-order chi connectivity index (χ0) is 5.86. The Morgan fingerprint density at radius 1 is 1.12 bits per heavy atom. The maximum atomic E-state index is 9.21. The van der Waals surface area contributed by atoms with Gasteiger partial charge in [0.25, 0.3) is 0 Å². The predicted octanol–water partition coefficient (Wildman–Crippen LogP) is 0.356. The monoisotopic (exact) mass is 170 g/mol. The van der Waals surface area contributed by atoms with Gasteiger partial charge in [-0.15, -0.1) is 0 Å². The quantitative estimate of drug-likeness (QED) is 0.312. The summed E-state index contributed by atoms with van der Waals surface area (Å²) in [6, 6.07) is 0. The Bertz CT molecular complexity index is 86.6. The van der Waals surface area contributed by atoms with Gasteiger partial charge in [-0.1, -0.05) is 0 Å². The SMILES string of the molecule is O=C(O)OC(=O)O.[Zn]. The fraction of sp³-hybridized carbons (Fsp3) is 0. The second-order valence-electron chi connectivity index (χ2n) is 0.634. The molecule has 6 heteroatoms. The molecular formula is C2H2O5Zn. The molecule has 0 radical (unpaired) electrons. The molecule has 0 aliphatic carbocycles. The van der Waals surface area contributed by atoms with Crippen molar-refractivity contribution in [2.45, 2.75) is 0 Å². The molecule has 0 aromatic rings. The molecule has 0 spiro atoms. The summed E-state index contributed by atoms with van der Waals surface area (Å²) in [5.74, 6) is 0. The standard InChI is InChI=1S/C2H2O5.Zn/c3-1(4)7-2(5)6;/h(H,3,4)(H,5,6);. The Labute approximate surface area is 57.0 Å². The van der Waals surface area contributed by atoms with Crippen LogP contribution in [0, 0.1) is 0 Å². The number of hydrogen-bond donors (Lipinski definition) is 2. The molecule has 0 aromatic heterocycles. The van der Waals surface area contributed by atoms with Crippen molar-refractivity contribution in [2.75, 3.05) is 0 Å². The van der Waals surface area contributed by atoms with E-state index in [0.717, 1.165) is 0 Å². The molecule has 0 bridgehead atoms. The van der Waals surface area contributed by atoms with E-state index in [1.54, 1.807) is 0 Å². The van der Waals surface area contributed by atoms with Crippen LogP contribution in [0.15, 0.2) is 0 Å². The first kappa shape index (κ1) is 10.4. The summed E-state index contributed by atoms with van der Waals surface area (Å²) in [4.78, 5) is 18.4. The number of hydrogen-bond acceptors (Lipinski definition) is 3. The van der Waals surface area contributed by atoms with Crippen molar-refractivity contribution in [3.63, 3.8) is 0 Å². The Balaban J connectivity index is 0. The maximum Gasteiger partial charge on any atom is 0.516 e. The first-order chi connectivity index (χ1) is 3.13. The zero-order valence-electron chi connectivity index (χ0n) is 3.83. The molecule has 0 saturated heterocycles. The van der Waals surface area contributed by atoms with Crippen LogP contribution in [0.3, 0.4) is 0 Å². The van der Waals surface area contributed by atoms with E-state index >= 15 is 0 Å². The second-order valence-corrected chi connectivity index (χ2v) is 0.634. The summed E-state index contributed by atoms with van der Waals surface area (Å²) in [6.07, 6.45) is -3.62. The van der Waals surface area contributed by atoms with Crippen LogP contribution >= 0.6 is 0 Å². The molecule has 0 fully saturated rings. The molecule has 0 aliphatic rings. The van der Waals surface area contributed by atoms with Gasteiger partial charge < -0.3 is 14.9 Å². The molecule has 0 heterocycles. The van der Waals surface area contributed by atoms with Gasteiger partial charge in [0.05, 0.1) is 0 Å². The Morgan fingerprint density at radius 2 is 1.38 bits per heavy atom. The summed E-state index contributed by atoms with van der Waals surface area (Å²) >= 11 is 0. The van der Waals surface area contributed by atoms with Gasteiger partial charge >= 0.3 is 12.3 Å². The minimum Gasteiger partial charge on any atom is -0.449 e. The van der Waals surface area contributed by atoms with E-state index in [1.807, 2.05) is 0 Å². The van der Waals surface area contributed by atoms with Crippen LogP contribution in [-0.2, 0) is 24.2 Å². The van der Waals surface area contributed by atoms with E-state index in [2.05, 4.69) is 4.74 Å². The van der Waals surface area contributed by atoms with Crippen LogP contribution in [0.2, 0.25) is 0 Å². The van der Waals surface area contributed by atoms with Gasteiger partial charge in [-0.3, -0.25) is 0 Å². The Hall–Kier alpha value is -0.637. The Kier molecular flexibility index (Phi) is 5.86. The van der Waals surface area contributed by atoms with Crippen molar-refractivity contribution < 1.29 is 44.0 Å². The van der Waals surface area contributed by atoms with E-state index in [4.69, 9.17) is 10.2 Å². The molecule has 0 amide bonds. The van der Waals surface area contributed by atoms with Gasteiger partial charge in [-0.25, -0.2) is 9.59 Å². The Morgan fingerprint density at radius 3 is 1.38 bits per heavy atom. The third kappa shape index (κ3) is 9.03. The normalized spacial score (nSPS) is 6.50. The first-order valence-corrected chi connectivity index (χ1v) is 1.26. The van der Waals surface area contributed by atoms with Crippen molar-refractivity contribution in [2.24, 2.45) is 0 Å². The van der Waals surface area contributed by atoms with Gasteiger partial charge in [0.1, 0.15) is 0 Å². The second kappa shape index (κ2) is 4.52. The third-order valence-corrected chi connectivity index (χ3v) is 0.175. The van der Waals surface area contributed by atoms with Crippen LogP contribution in [0.4, 0.5) is 9.59 Å². The minimum absolute atomic E-state index is 0. The van der Waals surface area contributed by atoms with Crippen molar-refractivity contribution in [3.05, 3.63) is 0 Å².